The Morgan fingerprint density at radius 1 is 1.08 bits per heavy atom. The van der Waals surface area contributed by atoms with Gasteiger partial charge in [-0.2, -0.15) is 34.2 Å². The second kappa shape index (κ2) is 15.5. The number of carbonyl (C=O) groups is 5. The summed E-state index contributed by atoms with van der Waals surface area (Å²) in [6.45, 7) is 3.36. The molecule has 0 aliphatic rings. The molecule has 14 nitrogen and oxygen atoms in total. The lowest BCUT2D eigenvalue weighted by atomic mass is 9.97. The van der Waals surface area contributed by atoms with E-state index >= 15 is 0 Å². The first-order chi connectivity index (χ1) is 16.1. The number of carboxylic acid groups (broad SMARTS) is 3. The molecule has 5 atom stereocenters. The highest BCUT2D eigenvalue weighted by molar-refractivity contribution is 7.85. The molecule has 2 amide bonds. The molecule has 0 unspecified atom stereocenters. The minimum atomic E-state index is -5.19. The van der Waals surface area contributed by atoms with Crippen molar-refractivity contribution in [3.05, 3.63) is 0 Å². The SMILES string of the molecule is CC[C@H](C)[C@H](NC(=O)[C@H](S)[C@H]([NH3+])CCS(=O)(=O)O)C(=O)N[C@@H](CC(=O)O)C(=O)O.O=C([O-])C(F)(F)F. The number of rotatable bonds is 13. The van der Waals surface area contributed by atoms with Gasteiger partial charge in [0, 0.05) is 6.42 Å². The first-order valence-electron chi connectivity index (χ1n) is 9.93. The number of nitrogens with one attached hydrogen (secondary N) is 2. The van der Waals surface area contributed by atoms with Crippen molar-refractivity contribution < 1.29 is 71.2 Å². The van der Waals surface area contributed by atoms with Gasteiger partial charge < -0.3 is 36.5 Å². The highest BCUT2D eigenvalue weighted by Crippen LogP contribution is 2.12. The quantitative estimate of drug-likeness (QED) is 0.0868. The normalized spacial score (nSPS) is 15.7. The predicted molar refractivity (Wildman–Crippen MR) is 115 cm³/mol. The van der Waals surface area contributed by atoms with Crippen molar-refractivity contribution in [2.45, 2.75) is 62.7 Å². The fraction of sp³-hybridized carbons (Fsp3) is 0.706. The first-order valence-corrected chi connectivity index (χ1v) is 12.1. The maximum atomic E-state index is 12.5. The van der Waals surface area contributed by atoms with Crippen LogP contribution in [0.2, 0.25) is 0 Å². The Bertz CT molecular complexity index is 900. The Morgan fingerprint density at radius 2 is 1.56 bits per heavy atom. The van der Waals surface area contributed by atoms with Crippen molar-refractivity contribution in [3.63, 3.8) is 0 Å². The smallest absolute Gasteiger partial charge is 0.430 e. The van der Waals surface area contributed by atoms with E-state index in [-0.39, 0.29) is 6.42 Å². The van der Waals surface area contributed by atoms with Crippen LogP contribution in [0.15, 0.2) is 0 Å². The van der Waals surface area contributed by atoms with Crippen LogP contribution < -0.4 is 21.5 Å². The largest absolute Gasteiger partial charge is 0.542 e. The molecule has 0 bridgehead atoms. The van der Waals surface area contributed by atoms with Crippen LogP contribution in [0.3, 0.4) is 0 Å². The van der Waals surface area contributed by atoms with Gasteiger partial charge in [-0.15, -0.1) is 0 Å². The van der Waals surface area contributed by atoms with Crippen LogP contribution in [0, 0.1) is 5.92 Å². The van der Waals surface area contributed by atoms with E-state index in [2.05, 4.69) is 29.0 Å². The maximum Gasteiger partial charge on any atom is 0.430 e. The summed E-state index contributed by atoms with van der Waals surface area (Å²) in [5.41, 5.74) is 3.63. The molecule has 36 heavy (non-hydrogen) atoms. The number of hydrogen-bond acceptors (Lipinski definition) is 9. The highest BCUT2D eigenvalue weighted by Gasteiger charge is 2.34. The second-order valence-electron chi connectivity index (χ2n) is 7.43. The van der Waals surface area contributed by atoms with Crippen LogP contribution in [0.1, 0.15) is 33.1 Å². The predicted octanol–water partition coefficient (Wildman–Crippen LogP) is -2.95. The molecular weight excluding hydrogens is 543 g/mol. The maximum absolute atomic E-state index is 12.5. The molecule has 0 aromatic heterocycles. The number of hydrogen-bond donors (Lipinski definition) is 7. The van der Waals surface area contributed by atoms with Crippen LogP contribution in [0.25, 0.3) is 0 Å². The zero-order valence-electron chi connectivity index (χ0n) is 19.0. The number of aliphatic carboxylic acids is 3. The monoisotopic (exact) mass is 571 g/mol. The number of quaternary nitrogens is 1. The lowest BCUT2D eigenvalue weighted by molar-refractivity contribution is -0.416. The van der Waals surface area contributed by atoms with Crippen LogP contribution >= 0.6 is 12.6 Å². The van der Waals surface area contributed by atoms with Crippen LogP contribution in [0.5, 0.6) is 0 Å². The molecule has 0 spiro atoms. The molecule has 0 aliphatic carbocycles. The Hall–Kier alpha value is -2.64. The Labute approximate surface area is 208 Å². The van der Waals surface area contributed by atoms with Gasteiger partial charge in [0.05, 0.1) is 12.2 Å². The number of alkyl halides is 3. The van der Waals surface area contributed by atoms with Crippen molar-refractivity contribution in [2.24, 2.45) is 5.92 Å². The van der Waals surface area contributed by atoms with E-state index in [0.29, 0.717) is 6.42 Å². The van der Waals surface area contributed by atoms with Crippen molar-refractivity contribution >= 4 is 52.5 Å². The molecule has 0 aliphatic heterocycles. The lowest BCUT2D eigenvalue weighted by Crippen LogP contribution is -2.68. The van der Waals surface area contributed by atoms with Gasteiger partial charge in [-0.05, 0) is 5.92 Å². The summed E-state index contributed by atoms with van der Waals surface area (Å²) in [6, 6.07) is -3.66. The van der Waals surface area contributed by atoms with E-state index in [1.807, 2.05) is 0 Å². The molecule has 19 heteroatoms. The third-order valence-corrected chi connectivity index (χ3v) is 5.89. The molecule has 0 saturated heterocycles. The van der Waals surface area contributed by atoms with Gasteiger partial charge in [-0.25, -0.2) is 4.79 Å². The number of carboxylic acids is 3. The van der Waals surface area contributed by atoms with Crippen LogP contribution in [-0.2, 0) is 34.1 Å². The average Bonchev–Trinajstić information content (AvgIpc) is 2.72. The van der Waals surface area contributed by atoms with Crippen LogP contribution in [0.4, 0.5) is 13.2 Å². The summed E-state index contributed by atoms with van der Waals surface area (Å²) in [5.74, 6) is -8.63. The summed E-state index contributed by atoms with van der Waals surface area (Å²) >= 11 is 4.08. The summed E-state index contributed by atoms with van der Waals surface area (Å²) in [4.78, 5) is 55.6. The third-order valence-electron chi connectivity index (χ3n) is 4.48. The summed E-state index contributed by atoms with van der Waals surface area (Å²) in [7, 11) is -4.24. The topological polar surface area (TPSA) is 255 Å². The molecule has 0 radical (unpaired) electrons. The third kappa shape index (κ3) is 15.4. The van der Waals surface area contributed by atoms with E-state index in [1.165, 1.54) is 0 Å². The number of carbonyl (C=O) groups excluding carboxylic acids is 3. The van der Waals surface area contributed by atoms with Crippen molar-refractivity contribution in [2.75, 3.05) is 5.75 Å². The Morgan fingerprint density at radius 3 is 1.89 bits per heavy atom. The Kier molecular flexibility index (Phi) is 15.3. The minimum Gasteiger partial charge on any atom is -0.542 e. The minimum absolute atomic E-state index is 0.152. The molecule has 0 aromatic carbocycles. The zero-order valence-corrected chi connectivity index (χ0v) is 20.7. The average molecular weight is 572 g/mol. The Balaban J connectivity index is 0. The summed E-state index contributed by atoms with van der Waals surface area (Å²) < 4.78 is 62.0. The molecule has 0 heterocycles. The number of halogens is 3. The van der Waals surface area contributed by atoms with Gasteiger partial charge >= 0.3 is 18.1 Å². The second-order valence-corrected chi connectivity index (χ2v) is 9.56. The number of thiol groups is 1. The van der Waals surface area contributed by atoms with E-state index in [1.54, 1.807) is 13.8 Å². The molecule has 0 saturated carbocycles. The van der Waals surface area contributed by atoms with E-state index < -0.39 is 87.5 Å². The van der Waals surface area contributed by atoms with E-state index in [0.717, 1.165) is 0 Å². The van der Waals surface area contributed by atoms with Crippen molar-refractivity contribution in [1.82, 2.24) is 10.6 Å². The lowest BCUT2D eigenvalue weighted by Gasteiger charge is -2.26. The van der Waals surface area contributed by atoms with Gasteiger partial charge in [0.1, 0.15) is 29.3 Å². The van der Waals surface area contributed by atoms with Gasteiger partial charge in [0.25, 0.3) is 10.1 Å². The zero-order chi connectivity index (χ0) is 29.0. The molecule has 0 fully saturated rings. The molecule has 210 valence electrons. The summed E-state index contributed by atoms with van der Waals surface area (Å²) in [5, 5.41) is 30.0. The molecular formula is C17H28F3N3O11S2. The summed E-state index contributed by atoms with van der Waals surface area (Å²) in [6.07, 6.45) is -5.75. The fourth-order valence-corrected chi connectivity index (χ4v) is 3.07. The van der Waals surface area contributed by atoms with E-state index in [4.69, 9.17) is 24.7 Å². The van der Waals surface area contributed by atoms with Crippen molar-refractivity contribution in [1.29, 1.82) is 0 Å². The van der Waals surface area contributed by atoms with E-state index in [9.17, 15) is 40.8 Å². The van der Waals surface area contributed by atoms with Crippen molar-refractivity contribution in [3.8, 4) is 0 Å². The first kappa shape index (κ1) is 35.5. The van der Waals surface area contributed by atoms with Gasteiger partial charge in [-0.1, -0.05) is 20.3 Å². The molecule has 8 N–H and O–H groups in total. The standard InChI is InChI=1S/C15H27N3O9S2.C2HF3O2/c1-3-7(2)11(13(21)17-9(15(23)24)6-10(19)20)18-14(22)12(28)8(16)4-5-29(25,26)27;3-2(4,5)1(6)7/h7-9,11-12,28H,3-6,16H2,1-2H3,(H,17,21)(H,18,22)(H,19,20)(H,23,24)(H,25,26,27);(H,6,7)/t7-,8+,9-,11-,12+;/m0./s1. The molecule has 0 aromatic rings. The molecule has 0 rings (SSSR count). The highest BCUT2D eigenvalue weighted by atomic mass is 32.2. The van der Waals surface area contributed by atoms with Gasteiger partial charge in [0.15, 0.2) is 0 Å². The fourth-order valence-electron chi connectivity index (χ4n) is 2.25. The van der Waals surface area contributed by atoms with Crippen LogP contribution in [-0.4, -0.2) is 88.2 Å². The number of amides is 2. The van der Waals surface area contributed by atoms with Gasteiger partial charge in [-0.3, -0.25) is 18.9 Å². The van der Waals surface area contributed by atoms with Gasteiger partial charge in [0.2, 0.25) is 11.8 Å².